The highest BCUT2D eigenvalue weighted by molar-refractivity contribution is 7.91. The van der Waals surface area contributed by atoms with Gasteiger partial charge in [-0.2, -0.15) is 18.2 Å². The summed E-state index contributed by atoms with van der Waals surface area (Å²) in [5.74, 6) is -0.211. The van der Waals surface area contributed by atoms with E-state index in [9.17, 15) is 21.6 Å². The number of halogens is 3. The highest BCUT2D eigenvalue weighted by Gasteiger charge is 2.30. The number of rotatable bonds is 6. The molecule has 0 saturated heterocycles. The number of methoxy groups -OCH3 is 1. The quantitative estimate of drug-likeness (QED) is 0.816. The number of sulfonamides is 1. The van der Waals surface area contributed by atoms with Crippen LogP contribution in [0.1, 0.15) is 11.1 Å². The average Bonchev–Trinajstić information content (AvgIpc) is 2.53. The summed E-state index contributed by atoms with van der Waals surface area (Å²) >= 11 is 0. The molecule has 0 fully saturated rings. The van der Waals surface area contributed by atoms with Gasteiger partial charge in [-0.1, -0.05) is 12.1 Å². The van der Waals surface area contributed by atoms with Crippen LogP contribution in [0.15, 0.2) is 30.5 Å². The van der Waals surface area contributed by atoms with Gasteiger partial charge in [0.1, 0.15) is 5.69 Å². The van der Waals surface area contributed by atoms with Crippen molar-refractivity contribution in [3.63, 3.8) is 0 Å². The number of anilines is 2. The number of ether oxygens (including phenoxy) is 1. The third kappa shape index (κ3) is 4.97. The van der Waals surface area contributed by atoms with E-state index in [1.807, 2.05) is 0 Å². The molecule has 1 aromatic carbocycles. The molecule has 0 saturated carbocycles. The molecule has 0 radical (unpaired) electrons. The average molecular weight is 390 g/mol. The second-order valence-electron chi connectivity index (χ2n) is 5.54. The van der Waals surface area contributed by atoms with Gasteiger partial charge >= 0.3 is 12.2 Å². The molecule has 142 valence electrons. The maximum atomic E-state index is 12.6. The highest BCUT2D eigenvalue weighted by Crippen LogP contribution is 2.29. The Balaban J connectivity index is 2.21. The SMILES string of the molecule is COc1ncc(NS(=O)(=O)Cc2ccc(C(F)(F)F)cc2)c(N(C)C)n1. The van der Waals surface area contributed by atoms with E-state index >= 15 is 0 Å². The van der Waals surface area contributed by atoms with E-state index in [1.54, 1.807) is 19.0 Å². The van der Waals surface area contributed by atoms with Gasteiger partial charge in [0.25, 0.3) is 0 Å². The zero-order valence-corrected chi connectivity index (χ0v) is 15.0. The molecule has 2 rings (SSSR count). The van der Waals surface area contributed by atoms with Crippen molar-refractivity contribution < 1.29 is 26.3 Å². The van der Waals surface area contributed by atoms with Gasteiger partial charge in [-0.3, -0.25) is 4.72 Å². The highest BCUT2D eigenvalue weighted by atomic mass is 32.2. The molecule has 0 unspecified atom stereocenters. The zero-order chi connectivity index (χ0) is 19.5. The number of aromatic nitrogens is 2. The third-order valence-electron chi connectivity index (χ3n) is 3.26. The molecular weight excluding hydrogens is 373 g/mol. The lowest BCUT2D eigenvalue weighted by molar-refractivity contribution is -0.137. The van der Waals surface area contributed by atoms with Crippen molar-refractivity contribution in [2.24, 2.45) is 0 Å². The van der Waals surface area contributed by atoms with Crippen LogP contribution < -0.4 is 14.4 Å². The molecule has 26 heavy (non-hydrogen) atoms. The summed E-state index contributed by atoms with van der Waals surface area (Å²) in [5, 5.41) is 0. The third-order valence-corrected chi connectivity index (χ3v) is 4.50. The molecule has 1 N–H and O–H groups in total. The molecule has 0 aliphatic heterocycles. The van der Waals surface area contributed by atoms with Crippen LogP contribution in [0.4, 0.5) is 24.7 Å². The fraction of sp³-hybridized carbons (Fsp3) is 0.333. The Labute approximate surface area is 148 Å². The molecule has 1 aromatic heterocycles. The topological polar surface area (TPSA) is 84.4 Å². The molecule has 0 bridgehead atoms. The summed E-state index contributed by atoms with van der Waals surface area (Å²) in [6, 6.07) is 4.00. The smallest absolute Gasteiger partial charge is 0.416 e. The van der Waals surface area contributed by atoms with E-state index in [0.29, 0.717) is 0 Å². The molecule has 11 heteroatoms. The number of hydrogen-bond donors (Lipinski definition) is 1. The Hall–Kier alpha value is -2.56. The van der Waals surface area contributed by atoms with Gasteiger partial charge in [0.15, 0.2) is 5.82 Å². The summed E-state index contributed by atoms with van der Waals surface area (Å²) in [7, 11) is 0.812. The van der Waals surface area contributed by atoms with E-state index < -0.39 is 27.5 Å². The summed E-state index contributed by atoms with van der Waals surface area (Å²) in [5.41, 5.74) is -0.501. The Bertz CT molecular complexity index is 869. The molecule has 1 heterocycles. The van der Waals surface area contributed by atoms with Crippen molar-refractivity contribution in [2.75, 3.05) is 30.8 Å². The van der Waals surface area contributed by atoms with Crippen LogP contribution in [-0.4, -0.2) is 39.6 Å². The van der Waals surface area contributed by atoms with Crippen LogP contribution in [0.5, 0.6) is 6.01 Å². The molecule has 0 aliphatic carbocycles. The molecular formula is C15H17F3N4O3S. The van der Waals surface area contributed by atoms with Gasteiger partial charge in [0, 0.05) is 14.1 Å². The monoisotopic (exact) mass is 390 g/mol. The van der Waals surface area contributed by atoms with Gasteiger partial charge in [0.2, 0.25) is 10.0 Å². The van der Waals surface area contributed by atoms with Crippen LogP contribution in [0.25, 0.3) is 0 Å². The summed E-state index contributed by atoms with van der Waals surface area (Å²) < 4.78 is 69.6. The van der Waals surface area contributed by atoms with E-state index in [2.05, 4.69) is 14.7 Å². The lowest BCUT2D eigenvalue weighted by Gasteiger charge is -2.17. The van der Waals surface area contributed by atoms with Crippen molar-refractivity contribution in [1.82, 2.24) is 9.97 Å². The van der Waals surface area contributed by atoms with Crippen molar-refractivity contribution in [3.05, 3.63) is 41.6 Å². The molecule has 0 amide bonds. The van der Waals surface area contributed by atoms with Crippen molar-refractivity contribution >= 4 is 21.5 Å². The van der Waals surface area contributed by atoms with E-state index in [4.69, 9.17) is 4.74 Å². The van der Waals surface area contributed by atoms with E-state index in [-0.39, 0.29) is 23.1 Å². The molecule has 0 spiro atoms. The predicted octanol–water partition coefficient (Wildman–Crippen LogP) is 2.51. The van der Waals surface area contributed by atoms with Crippen LogP contribution in [0.2, 0.25) is 0 Å². The van der Waals surface area contributed by atoms with Crippen LogP contribution in [0.3, 0.4) is 0 Å². The van der Waals surface area contributed by atoms with Gasteiger partial charge in [-0.05, 0) is 17.7 Å². The van der Waals surface area contributed by atoms with Crippen molar-refractivity contribution in [1.29, 1.82) is 0 Å². The molecule has 7 nitrogen and oxygen atoms in total. The number of nitrogens with zero attached hydrogens (tertiary/aromatic N) is 3. The van der Waals surface area contributed by atoms with Gasteiger partial charge in [-0.25, -0.2) is 13.4 Å². The van der Waals surface area contributed by atoms with Gasteiger partial charge < -0.3 is 9.64 Å². The van der Waals surface area contributed by atoms with Gasteiger partial charge in [0.05, 0.1) is 24.6 Å². The normalized spacial score (nSPS) is 11.9. The zero-order valence-electron chi connectivity index (χ0n) is 14.2. The maximum Gasteiger partial charge on any atom is 0.416 e. The van der Waals surface area contributed by atoms with E-state index in [1.165, 1.54) is 13.3 Å². The lowest BCUT2D eigenvalue weighted by atomic mass is 10.1. The Morgan fingerprint density at radius 3 is 2.31 bits per heavy atom. The minimum Gasteiger partial charge on any atom is -0.467 e. The standard InChI is InChI=1S/C15H17F3N4O3S/c1-22(2)13-12(8-19-14(20-13)25-3)21-26(23,24)9-10-4-6-11(7-5-10)15(16,17)18/h4-8,21H,9H2,1-3H3. The molecule has 0 atom stereocenters. The predicted molar refractivity (Wildman–Crippen MR) is 90.6 cm³/mol. The first-order chi connectivity index (χ1) is 12.0. The van der Waals surface area contributed by atoms with Gasteiger partial charge in [-0.15, -0.1) is 0 Å². The molecule has 0 aliphatic rings. The van der Waals surface area contributed by atoms with Crippen LogP contribution in [0, 0.1) is 0 Å². The second-order valence-corrected chi connectivity index (χ2v) is 7.27. The van der Waals surface area contributed by atoms with Crippen molar-refractivity contribution in [3.8, 4) is 6.01 Å². The summed E-state index contributed by atoms with van der Waals surface area (Å²) in [4.78, 5) is 9.49. The summed E-state index contributed by atoms with van der Waals surface area (Å²) in [6.07, 6.45) is -3.22. The minimum atomic E-state index is -4.48. The first kappa shape index (κ1) is 19.8. The van der Waals surface area contributed by atoms with E-state index in [0.717, 1.165) is 24.3 Å². The second kappa shape index (κ2) is 7.36. The van der Waals surface area contributed by atoms with Crippen molar-refractivity contribution in [2.45, 2.75) is 11.9 Å². The fourth-order valence-electron chi connectivity index (χ4n) is 2.08. The number of hydrogen-bond acceptors (Lipinski definition) is 6. The van der Waals surface area contributed by atoms with Crippen LogP contribution >= 0.6 is 0 Å². The summed E-state index contributed by atoms with van der Waals surface area (Å²) in [6.45, 7) is 0. The largest absolute Gasteiger partial charge is 0.467 e. The molecule has 2 aromatic rings. The Morgan fingerprint density at radius 1 is 1.19 bits per heavy atom. The Kier molecular flexibility index (Phi) is 5.59. The first-order valence-electron chi connectivity index (χ1n) is 7.27. The fourth-order valence-corrected chi connectivity index (χ4v) is 3.26. The Morgan fingerprint density at radius 2 is 1.81 bits per heavy atom. The number of nitrogens with one attached hydrogen (secondary N) is 1. The minimum absolute atomic E-state index is 0.0689. The number of alkyl halides is 3. The van der Waals surface area contributed by atoms with Crippen LogP contribution in [-0.2, 0) is 22.0 Å². The number of benzene rings is 1. The maximum absolute atomic E-state index is 12.6. The first-order valence-corrected chi connectivity index (χ1v) is 8.92. The lowest BCUT2D eigenvalue weighted by Crippen LogP contribution is -2.20.